The standard InChI is InChI=1S/C30H31FN6O2/c1-36-12-17-9-22(17)25(36)15-39-30-34-28-24(29(35-30)37-13-18-6-7-19(14-37)33-18)11-32-27(26(28)31)23-10-20(38)8-16-4-2-3-5-21(16)23/h2-5,8,10-11,17-19,22,25,33,38H,6-7,9,12-15H2,1H3/t17-,18?,19?,22-,25+/m0/s1. The molecule has 2 aromatic carbocycles. The minimum absolute atomic E-state index is 0.0627. The molecule has 2 aromatic heterocycles. The summed E-state index contributed by atoms with van der Waals surface area (Å²) in [5.74, 6) is 1.65. The van der Waals surface area contributed by atoms with E-state index in [9.17, 15) is 5.11 Å². The largest absolute Gasteiger partial charge is 0.508 e. The van der Waals surface area contributed by atoms with E-state index in [1.807, 2.05) is 24.3 Å². The summed E-state index contributed by atoms with van der Waals surface area (Å²) in [7, 11) is 2.14. The minimum atomic E-state index is -0.532. The predicted molar refractivity (Wildman–Crippen MR) is 148 cm³/mol. The van der Waals surface area contributed by atoms with Crippen molar-refractivity contribution in [3.8, 4) is 23.0 Å². The van der Waals surface area contributed by atoms with Gasteiger partial charge in [-0.2, -0.15) is 9.97 Å². The fourth-order valence-corrected chi connectivity index (χ4v) is 7.17. The third-order valence-corrected chi connectivity index (χ3v) is 9.20. The highest BCUT2D eigenvalue weighted by molar-refractivity contribution is 5.99. The molecule has 200 valence electrons. The molecule has 3 aliphatic heterocycles. The first kappa shape index (κ1) is 23.3. The molecule has 9 heteroatoms. The number of ether oxygens (including phenoxy) is 1. The quantitative estimate of drug-likeness (QED) is 0.404. The van der Waals surface area contributed by atoms with Gasteiger partial charge in [0.2, 0.25) is 0 Å². The number of hydrogen-bond donors (Lipinski definition) is 2. The Labute approximate surface area is 225 Å². The Morgan fingerprint density at radius 1 is 1.08 bits per heavy atom. The summed E-state index contributed by atoms with van der Waals surface area (Å²) in [6, 6.07) is 12.2. The maximum Gasteiger partial charge on any atom is 0.319 e. The van der Waals surface area contributed by atoms with E-state index in [0.717, 1.165) is 49.2 Å². The Morgan fingerprint density at radius 3 is 2.69 bits per heavy atom. The van der Waals surface area contributed by atoms with Crippen LogP contribution in [0.3, 0.4) is 0 Å². The molecule has 5 atom stereocenters. The van der Waals surface area contributed by atoms with Crippen LogP contribution in [0.4, 0.5) is 10.2 Å². The Morgan fingerprint density at radius 2 is 1.90 bits per heavy atom. The van der Waals surface area contributed by atoms with Gasteiger partial charge >= 0.3 is 6.01 Å². The van der Waals surface area contributed by atoms with Crippen LogP contribution in [0.1, 0.15) is 19.3 Å². The van der Waals surface area contributed by atoms with Crippen LogP contribution in [-0.2, 0) is 0 Å². The van der Waals surface area contributed by atoms with E-state index in [2.05, 4.69) is 32.1 Å². The van der Waals surface area contributed by atoms with Crippen LogP contribution < -0.4 is 15.0 Å². The minimum Gasteiger partial charge on any atom is -0.508 e. The normalized spacial score (nSPS) is 27.8. The summed E-state index contributed by atoms with van der Waals surface area (Å²) in [4.78, 5) is 18.7. The van der Waals surface area contributed by atoms with Crippen LogP contribution in [0, 0.1) is 17.7 Å². The zero-order chi connectivity index (χ0) is 26.2. The van der Waals surface area contributed by atoms with Gasteiger partial charge in [-0.05, 0) is 61.1 Å². The second-order valence-electron chi connectivity index (χ2n) is 11.7. The number of anilines is 1. The molecule has 4 aromatic rings. The fraction of sp³-hybridized carbons (Fsp3) is 0.433. The molecule has 1 saturated carbocycles. The zero-order valence-corrected chi connectivity index (χ0v) is 21.8. The Balaban J connectivity index is 1.25. The van der Waals surface area contributed by atoms with Crippen LogP contribution in [0.25, 0.3) is 32.9 Å². The number of pyridine rings is 1. The third kappa shape index (κ3) is 3.90. The van der Waals surface area contributed by atoms with Gasteiger partial charge in [0, 0.05) is 49.5 Å². The smallest absolute Gasteiger partial charge is 0.319 e. The summed E-state index contributed by atoms with van der Waals surface area (Å²) < 4.78 is 22.7. The van der Waals surface area contributed by atoms with Crippen LogP contribution >= 0.6 is 0 Å². The average Bonchev–Trinajstić information content (AvgIpc) is 3.50. The molecule has 0 amide bonds. The van der Waals surface area contributed by atoms with Crippen molar-refractivity contribution in [2.45, 2.75) is 37.4 Å². The number of piperidine rings is 1. The lowest BCUT2D eigenvalue weighted by Gasteiger charge is -2.34. The summed E-state index contributed by atoms with van der Waals surface area (Å²) in [6.07, 6.45) is 5.19. The lowest BCUT2D eigenvalue weighted by Crippen LogP contribution is -2.51. The van der Waals surface area contributed by atoms with E-state index in [0.29, 0.717) is 47.4 Å². The molecule has 1 aliphatic carbocycles. The molecule has 0 spiro atoms. The molecule has 5 heterocycles. The summed E-state index contributed by atoms with van der Waals surface area (Å²) in [5, 5.41) is 16.3. The van der Waals surface area contributed by atoms with Crippen molar-refractivity contribution in [2.75, 3.05) is 38.2 Å². The molecule has 0 radical (unpaired) electrons. The maximum atomic E-state index is 16.5. The number of hydrogen-bond acceptors (Lipinski definition) is 8. The van der Waals surface area contributed by atoms with E-state index in [-0.39, 0.29) is 23.0 Å². The molecular formula is C30H31FN6O2. The van der Waals surface area contributed by atoms with E-state index in [1.165, 1.54) is 6.42 Å². The second-order valence-corrected chi connectivity index (χ2v) is 11.7. The maximum absolute atomic E-state index is 16.5. The molecule has 4 aliphatic rings. The lowest BCUT2D eigenvalue weighted by molar-refractivity contribution is 0.167. The van der Waals surface area contributed by atoms with Gasteiger partial charge in [0.15, 0.2) is 5.82 Å². The summed E-state index contributed by atoms with van der Waals surface area (Å²) in [6.45, 7) is 3.20. The van der Waals surface area contributed by atoms with Crippen LogP contribution in [-0.4, -0.2) is 76.4 Å². The average molecular weight is 527 g/mol. The number of aromatic nitrogens is 3. The van der Waals surface area contributed by atoms with Crippen molar-refractivity contribution in [3.63, 3.8) is 0 Å². The first-order chi connectivity index (χ1) is 19.0. The fourth-order valence-electron chi connectivity index (χ4n) is 7.17. The van der Waals surface area contributed by atoms with Gasteiger partial charge < -0.3 is 20.1 Å². The van der Waals surface area contributed by atoms with Gasteiger partial charge in [0.1, 0.15) is 29.4 Å². The van der Waals surface area contributed by atoms with Crippen molar-refractivity contribution in [2.24, 2.45) is 11.8 Å². The molecule has 2 N–H and O–H groups in total. The number of phenols is 1. The highest BCUT2D eigenvalue weighted by Crippen LogP contribution is 2.49. The van der Waals surface area contributed by atoms with Gasteiger partial charge in [0.05, 0.1) is 5.39 Å². The van der Waals surface area contributed by atoms with Gasteiger partial charge in [0.25, 0.3) is 0 Å². The molecule has 3 saturated heterocycles. The zero-order valence-electron chi connectivity index (χ0n) is 21.8. The number of rotatable bonds is 5. The van der Waals surface area contributed by atoms with Crippen molar-refractivity contribution in [1.29, 1.82) is 0 Å². The van der Waals surface area contributed by atoms with Crippen molar-refractivity contribution in [3.05, 3.63) is 48.4 Å². The summed E-state index contributed by atoms with van der Waals surface area (Å²) >= 11 is 0. The Bertz CT molecular complexity index is 1600. The number of halogens is 1. The number of likely N-dealkylation sites (tertiary alicyclic amines) is 1. The highest BCUT2D eigenvalue weighted by Gasteiger charge is 2.51. The van der Waals surface area contributed by atoms with Gasteiger partial charge in [-0.25, -0.2) is 4.39 Å². The Hall–Kier alpha value is -3.56. The molecule has 2 unspecified atom stereocenters. The molecule has 39 heavy (non-hydrogen) atoms. The number of piperazine rings is 1. The monoisotopic (exact) mass is 526 g/mol. The first-order valence-corrected chi connectivity index (χ1v) is 13.9. The molecule has 8 rings (SSSR count). The van der Waals surface area contributed by atoms with Crippen molar-refractivity contribution in [1.82, 2.24) is 25.2 Å². The summed E-state index contributed by atoms with van der Waals surface area (Å²) in [5.41, 5.74) is 0.879. The number of phenolic OH excluding ortho intramolecular Hbond substituents is 1. The SMILES string of the molecule is CN1C[C@@H]2C[C@@H]2[C@H]1COc1nc(N2CC3CCC(C2)N3)c2cnc(-c3cc(O)cc4ccccc34)c(F)c2n1. The lowest BCUT2D eigenvalue weighted by atomic mass is 10.0. The third-order valence-electron chi connectivity index (χ3n) is 9.20. The number of benzene rings is 2. The van der Waals surface area contributed by atoms with E-state index < -0.39 is 5.82 Å². The first-order valence-electron chi connectivity index (χ1n) is 13.9. The molecule has 8 nitrogen and oxygen atoms in total. The van der Waals surface area contributed by atoms with Crippen LogP contribution in [0.15, 0.2) is 42.6 Å². The van der Waals surface area contributed by atoms with E-state index >= 15 is 4.39 Å². The Kier molecular flexibility index (Phi) is 5.22. The predicted octanol–water partition coefficient (Wildman–Crippen LogP) is 3.96. The number of fused-ring (bicyclic) bond motifs is 5. The van der Waals surface area contributed by atoms with Gasteiger partial charge in [-0.3, -0.25) is 9.88 Å². The molecule has 2 bridgehead atoms. The van der Waals surface area contributed by atoms with Crippen LogP contribution in [0.2, 0.25) is 0 Å². The number of aromatic hydroxyl groups is 1. The van der Waals surface area contributed by atoms with Crippen molar-refractivity contribution < 1.29 is 14.2 Å². The molecule has 4 fully saturated rings. The second kappa shape index (κ2) is 8.72. The van der Waals surface area contributed by atoms with Gasteiger partial charge in [-0.15, -0.1) is 0 Å². The van der Waals surface area contributed by atoms with Crippen molar-refractivity contribution >= 4 is 27.5 Å². The van der Waals surface area contributed by atoms with Crippen LogP contribution in [0.5, 0.6) is 11.8 Å². The topological polar surface area (TPSA) is 86.6 Å². The highest BCUT2D eigenvalue weighted by atomic mass is 19.1. The van der Waals surface area contributed by atoms with E-state index in [4.69, 9.17) is 9.72 Å². The number of nitrogens with zero attached hydrogens (tertiary/aromatic N) is 5. The molecular weight excluding hydrogens is 495 g/mol. The van der Waals surface area contributed by atoms with E-state index in [1.54, 1.807) is 18.3 Å². The van der Waals surface area contributed by atoms with Gasteiger partial charge in [-0.1, -0.05) is 24.3 Å². The number of likely N-dealkylation sites (N-methyl/N-ethyl adjacent to an activating group) is 1. The number of nitrogens with one attached hydrogen (secondary N) is 1.